The Morgan fingerprint density at radius 3 is 2.33 bits per heavy atom. The minimum atomic E-state index is -0.902. The third-order valence-electron chi connectivity index (χ3n) is 3.09. The molecule has 0 aromatic heterocycles. The average Bonchev–Trinajstić information content (AvgIpc) is 3.39. The molecule has 1 aliphatic rings. The van der Waals surface area contributed by atoms with Crippen LogP contribution in [0.5, 0.6) is 5.75 Å². The minimum Gasteiger partial charge on any atom is -0.423 e. The molecule has 11 heteroatoms. The van der Waals surface area contributed by atoms with Gasteiger partial charge in [0, 0.05) is 18.2 Å². The summed E-state index contributed by atoms with van der Waals surface area (Å²) in [6, 6.07) is 8.59. The van der Waals surface area contributed by atoms with Crippen LogP contribution in [-0.2, 0) is 9.61 Å². The first kappa shape index (κ1) is 15.6. The summed E-state index contributed by atoms with van der Waals surface area (Å²) in [5, 5.41) is 21.7. The van der Waals surface area contributed by atoms with Crippen molar-refractivity contribution in [2.45, 2.75) is 0 Å². The number of carbonyl (C=O) groups excluding carboxylic acids is 1. The molecule has 3 rings (SSSR count). The number of non-ortho nitro benzene ring substituents is 2. The largest absolute Gasteiger partial charge is 0.550 e. The van der Waals surface area contributed by atoms with Crippen molar-refractivity contribution in [1.82, 2.24) is 0 Å². The summed E-state index contributed by atoms with van der Waals surface area (Å²) in [6.07, 6.45) is 0. The molecule has 1 saturated heterocycles. The number of nitro benzene ring substituents is 2. The second-order valence-electron chi connectivity index (χ2n) is 4.74. The molecule has 120 valence electrons. The molecule has 0 bridgehead atoms. The predicted molar refractivity (Wildman–Crippen MR) is 78.7 cm³/mol. The highest BCUT2D eigenvalue weighted by Gasteiger charge is 2.39. The van der Waals surface area contributed by atoms with Gasteiger partial charge in [0.05, 0.1) is 21.5 Å². The first-order chi connectivity index (χ1) is 11.4. The van der Waals surface area contributed by atoms with Gasteiger partial charge in [0.25, 0.3) is 11.4 Å². The van der Waals surface area contributed by atoms with Crippen LogP contribution in [0.25, 0.3) is 0 Å². The summed E-state index contributed by atoms with van der Waals surface area (Å²) in [4.78, 5) is 41.7. The molecule has 0 N–H and O–H groups in total. The van der Waals surface area contributed by atoms with Gasteiger partial charge in [-0.2, -0.15) is 0 Å². The standard InChI is InChI=1S/C13H7BN2O8/c17-13(22-12-3-1-2-10(7-12)15(18)19)8-4-9(14-23-24-14)6-11(5-8)16(20)21/h1-7H. The van der Waals surface area contributed by atoms with E-state index in [1.54, 1.807) is 0 Å². The molecule has 0 unspecified atom stereocenters. The summed E-state index contributed by atoms with van der Waals surface area (Å²) in [5.74, 6) is -0.956. The van der Waals surface area contributed by atoms with Gasteiger partial charge in [0.1, 0.15) is 5.75 Å². The van der Waals surface area contributed by atoms with Crippen LogP contribution in [0, 0.1) is 20.2 Å². The quantitative estimate of drug-likeness (QED) is 0.152. The maximum absolute atomic E-state index is 12.2. The van der Waals surface area contributed by atoms with Crippen LogP contribution in [0.3, 0.4) is 0 Å². The number of hydrogen-bond donors (Lipinski definition) is 0. The molecule has 10 nitrogen and oxygen atoms in total. The highest BCUT2D eigenvalue weighted by Crippen LogP contribution is 2.21. The molecule has 0 saturated carbocycles. The molecule has 24 heavy (non-hydrogen) atoms. The van der Waals surface area contributed by atoms with E-state index < -0.39 is 22.9 Å². The van der Waals surface area contributed by atoms with Crippen molar-refractivity contribution < 1.29 is 29.0 Å². The topological polar surface area (TPSA) is 138 Å². The zero-order valence-electron chi connectivity index (χ0n) is 11.8. The summed E-state index contributed by atoms with van der Waals surface area (Å²) in [5.41, 5.74) is -0.405. The van der Waals surface area contributed by atoms with E-state index in [9.17, 15) is 25.0 Å². The number of hydrogen-bond acceptors (Lipinski definition) is 8. The monoisotopic (exact) mass is 330 g/mol. The van der Waals surface area contributed by atoms with Crippen LogP contribution in [0.15, 0.2) is 42.5 Å². The zero-order chi connectivity index (χ0) is 17.3. The molecule has 0 aliphatic carbocycles. The van der Waals surface area contributed by atoms with Gasteiger partial charge in [-0.25, -0.2) is 4.79 Å². The lowest BCUT2D eigenvalue weighted by atomic mass is 9.81. The Hall–Kier alpha value is -3.31. The molecule has 1 aliphatic heterocycles. The number of nitrogens with zero attached hydrogens (tertiary/aromatic N) is 2. The minimum absolute atomic E-state index is 0.0545. The summed E-state index contributed by atoms with van der Waals surface area (Å²) in [7, 11) is -0.769. The van der Waals surface area contributed by atoms with Crippen LogP contribution in [0.1, 0.15) is 10.4 Å². The van der Waals surface area contributed by atoms with E-state index in [-0.39, 0.29) is 28.2 Å². The predicted octanol–water partition coefficient (Wildman–Crippen LogP) is 1.38. The van der Waals surface area contributed by atoms with Gasteiger partial charge in [0.2, 0.25) is 0 Å². The molecular formula is C13H7BN2O8. The number of nitro groups is 2. The van der Waals surface area contributed by atoms with Gasteiger partial charge in [-0.3, -0.25) is 29.8 Å². The van der Waals surface area contributed by atoms with Crippen molar-refractivity contribution >= 4 is 29.9 Å². The summed E-state index contributed by atoms with van der Waals surface area (Å²) < 4.78 is 5.03. The van der Waals surface area contributed by atoms with Crippen LogP contribution in [0.2, 0.25) is 0 Å². The average molecular weight is 330 g/mol. The number of esters is 1. The third kappa shape index (κ3) is 3.37. The molecule has 2 aromatic carbocycles. The Morgan fingerprint density at radius 1 is 1.00 bits per heavy atom. The Labute approximate surface area is 133 Å². The fourth-order valence-electron chi connectivity index (χ4n) is 1.96. The van der Waals surface area contributed by atoms with Gasteiger partial charge in [-0.15, -0.1) is 0 Å². The SMILES string of the molecule is O=C(Oc1cccc([N+](=O)[O-])c1)c1cc(B2OO2)cc([N+](=O)[O-])c1. The van der Waals surface area contributed by atoms with Crippen molar-refractivity contribution in [3.63, 3.8) is 0 Å². The molecule has 0 spiro atoms. The van der Waals surface area contributed by atoms with Crippen molar-refractivity contribution in [2.24, 2.45) is 0 Å². The van der Waals surface area contributed by atoms with E-state index >= 15 is 0 Å². The Morgan fingerprint density at radius 2 is 1.71 bits per heavy atom. The lowest BCUT2D eigenvalue weighted by Gasteiger charge is -2.05. The normalized spacial score (nSPS) is 12.6. The van der Waals surface area contributed by atoms with Gasteiger partial charge >= 0.3 is 13.1 Å². The van der Waals surface area contributed by atoms with Gasteiger partial charge < -0.3 is 4.74 Å². The first-order valence-corrected chi connectivity index (χ1v) is 6.52. The maximum atomic E-state index is 12.2. The van der Waals surface area contributed by atoms with Gasteiger partial charge in [-0.05, 0) is 17.6 Å². The van der Waals surface area contributed by atoms with Crippen LogP contribution in [0.4, 0.5) is 11.4 Å². The smallest absolute Gasteiger partial charge is 0.423 e. The van der Waals surface area contributed by atoms with E-state index in [4.69, 9.17) is 4.74 Å². The van der Waals surface area contributed by atoms with Crippen molar-refractivity contribution in [2.75, 3.05) is 0 Å². The lowest BCUT2D eigenvalue weighted by Crippen LogP contribution is -2.20. The molecule has 2 aromatic rings. The van der Waals surface area contributed by atoms with Crippen LogP contribution in [-0.4, -0.2) is 22.9 Å². The molecule has 0 atom stereocenters. The summed E-state index contributed by atoms with van der Waals surface area (Å²) in [6.45, 7) is 0. The Balaban J connectivity index is 1.88. The second kappa shape index (κ2) is 6.06. The fraction of sp³-hybridized carbons (Fsp3) is 0. The van der Waals surface area contributed by atoms with Crippen molar-refractivity contribution in [3.05, 3.63) is 68.3 Å². The fourth-order valence-corrected chi connectivity index (χ4v) is 1.96. The number of rotatable bonds is 5. The van der Waals surface area contributed by atoms with Crippen LogP contribution >= 0.6 is 0 Å². The van der Waals surface area contributed by atoms with E-state index in [1.807, 2.05) is 0 Å². The summed E-state index contributed by atoms with van der Waals surface area (Å²) >= 11 is 0. The van der Waals surface area contributed by atoms with E-state index in [2.05, 4.69) is 9.61 Å². The maximum Gasteiger partial charge on any atom is 0.550 e. The van der Waals surface area contributed by atoms with Crippen LogP contribution < -0.4 is 10.2 Å². The van der Waals surface area contributed by atoms with Crippen molar-refractivity contribution in [3.8, 4) is 5.75 Å². The highest BCUT2D eigenvalue weighted by atomic mass is 17.3. The Bertz CT molecular complexity index is 852. The molecule has 0 amide bonds. The molecule has 1 heterocycles. The Kier molecular flexibility index (Phi) is 3.94. The van der Waals surface area contributed by atoms with E-state index in [1.165, 1.54) is 30.3 Å². The lowest BCUT2D eigenvalue weighted by molar-refractivity contribution is -0.385. The molecular weight excluding hydrogens is 323 g/mol. The third-order valence-corrected chi connectivity index (χ3v) is 3.09. The number of benzene rings is 2. The number of ether oxygens (including phenoxy) is 1. The van der Waals surface area contributed by atoms with Gasteiger partial charge in [0.15, 0.2) is 0 Å². The zero-order valence-corrected chi connectivity index (χ0v) is 11.8. The first-order valence-electron chi connectivity index (χ1n) is 6.52. The highest BCUT2D eigenvalue weighted by molar-refractivity contribution is 6.66. The van der Waals surface area contributed by atoms with Crippen molar-refractivity contribution in [1.29, 1.82) is 0 Å². The van der Waals surface area contributed by atoms with E-state index in [0.717, 1.165) is 12.1 Å². The second-order valence-corrected chi connectivity index (χ2v) is 4.74. The molecule has 0 radical (unpaired) electrons. The van der Waals surface area contributed by atoms with Gasteiger partial charge in [-0.1, -0.05) is 6.07 Å². The number of carbonyl (C=O) groups is 1. The molecule has 1 fully saturated rings. The van der Waals surface area contributed by atoms with E-state index in [0.29, 0.717) is 0 Å².